The summed E-state index contributed by atoms with van der Waals surface area (Å²) in [5.74, 6) is 1.39. The summed E-state index contributed by atoms with van der Waals surface area (Å²) in [5.41, 5.74) is -0.194. The molecule has 1 atom stereocenters. The number of benzene rings is 1. The summed E-state index contributed by atoms with van der Waals surface area (Å²) in [6, 6.07) is 9.68. The van der Waals surface area contributed by atoms with E-state index in [0.29, 0.717) is 39.1 Å². The van der Waals surface area contributed by atoms with E-state index in [1.807, 2.05) is 47.2 Å². The number of rotatable bonds is 9. The van der Waals surface area contributed by atoms with Crippen molar-refractivity contribution in [1.82, 2.24) is 9.80 Å². The summed E-state index contributed by atoms with van der Waals surface area (Å²) >= 11 is 0. The Kier molecular flexibility index (Phi) is 7.76. The van der Waals surface area contributed by atoms with Gasteiger partial charge in [-0.25, -0.2) is 8.42 Å². The Bertz CT molecular complexity index is 791. The van der Waals surface area contributed by atoms with Crippen LogP contribution in [0.4, 0.5) is 0 Å². The molecule has 0 aromatic heterocycles. The molecule has 8 heteroatoms. The van der Waals surface area contributed by atoms with Crippen molar-refractivity contribution in [3.63, 3.8) is 0 Å². The molecule has 30 heavy (non-hydrogen) atoms. The highest BCUT2D eigenvalue weighted by Gasteiger charge is 2.36. The third-order valence-corrected chi connectivity index (χ3v) is 8.42. The first-order valence-electron chi connectivity index (χ1n) is 10.8. The third kappa shape index (κ3) is 6.18. The van der Waals surface area contributed by atoms with Crippen molar-refractivity contribution in [3.8, 4) is 5.75 Å². The van der Waals surface area contributed by atoms with Gasteiger partial charge in [-0.2, -0.15) is 0 Å². The van der Waals surface area contributed by atoms with Crippen molar-refractivity contribution in [2.24, 2.45) is 5.41 Å². The van der Waals surface area contributed by atoms with E-state index in [0.717, 1.165) is 25.0 Å². The molecular weight excluding hydrogens is 404 g/mol. The lowest BCUT2D eigenvalue weighted by Crippen LogP contribution is -2.46. The fourth-order valence-electron chi connectivity index (χ4n) is 4.36. The van der Waals surface area contributed by atoms with Gasteiger partial charge in [0.1, 0.15) is 5.75 Å². The molecular formula is C22H34N2O5S. The van der Waals surface area contributed by atoms with Gasteiger partial charge in [0.25, 0.3) is 0 Å². The molecule has 2 fully saturated rings. The molecule has 0 unspecified atom stereocenters. The summed E-state index contributed by atoms with van der Waals surface area (Å²) in [6.07, 6.45) is 3.35. The normalized spacial score (nSPS) is 22.9. The van der Waals surface area contributed by atoms with Gasteiger partial charge in [-0.3, -0.25) is 4.79 Å². The number of nitrogens with zero attached hydrogens (tertiary/aromatic N) is 2. The van der Waals surface area contributed by atoms with Crippen LogP contribution in [0.3, 0.4) is 0 Å². The number of hydrogen-bond acceptors (Lipinski definition) is 6. The van der Waals surface area contributed by atoms with E-state index in [2.05, 4.69) is 0 Å². The highest BCUT2D eigenvalue weighted by atomic mass is 32.2. The number of hydrogen-bond donors (Lipinski definition) is 1. The maximum atomic E-state index is 12.6. The number of para-hydroxylation sites is 1. The molecule has 0 aliphatic carbocycles. The molecule has 7 nitrogen and oxygen atoms in total. The number of amides is 1. The van der Waals surface area contributed by atoms with Crippen molar-refractivity contribution in [2.75, 3.05) is 51.4 Å². The molecule has 168 valence electrons. The minimum Gasteiger partial charge on any atom is -0.494 e. The number of carbonyl (C=O) groups excluding carboxylic acids is 1. The number of piperidine rings is 1. The lowest BCUT2D eigenvalue weighted by molar-refractivity contribution is -0.134. The fourth-order valence-corrected chi connectivity index (χ4v) is 6.16. The molecule has 0 radical (unpaired) electrons. The van der Waals surface area contributed by atoms with Gasteiger partial charge in [0, 0.05) is 44.1 Å². The number of aliphatic hydroxyl groups is 1. The Morgan fingerprint density at radius 2 is 1.97 bits per heavy atom. The van der Waals surface area contributed by atoms with Crippen molar-refractivity contribution < 1.29 is 23.1 Å². The summed E-state index contributed by atoms with van der Waals surface area (Å²) in [7, 11) is -1.01. The van der Waals surface area contributed by atoms with Crippen LogP contribution in [0.25, 0.3) is 0 Å². The molecule has 1 amide bonds. The fraction of sp³-hybridized carbons (Fsp3) is 0.682. The van der Waals surface area contributed by atoms with Crippen LogP contribution in [0.2, 0.25) is 0 Å². The third-order valence-electron chi connectivity index (χ3n) is 6.67. The van der Waals surface area contributed by atoms with E-state index >= 15 is 0 Å². The van der Waals surface area contributed by atoms with Gasteiger partial charge >= 0.3 is 0 Å². The lowest BCUT2D eigenvalue weighted by Gasteiger charge is -2.41. The summed E-state index contributed by atoms with van der Waals surface area (Å²) in [6.45, 7) is 2.52. The Morgan fingerprint density at radius 3 is 2.57 bits per heavy atom. The van der Waals surface area contributed by atoms with Crippen LogP contribution in [0.1, 0.15) is 32.1 Å². The van der Waals surface area contributed by atoms with Gasteiger partial charge in [0.15, 0.2) is 9.84 Å². The zero-order chi connectivity index (χ0) is 21.6. The van der Waals surface area contributed by atoms with Crippen molar-refractivity contribution in [2.45, 2.75) is 38.1 Å². The van der Waals surface area contributed by atoms with Crippen LogP contribution in [-0.2, 0) is 14.6 Å². The van der Waals surface area contributed by atoms with Gasteiger partial charge in [0.05, 0.1) is 18.1 Å². The SMILES string of the molecule is CN(CCC(=O)N1CCC(CO)(CCOc2ccccc2)CC1)[C@@H]1CCS(=O)(=O)C1. The molecule has 0 spiro atoms. The van der Waals surface area contributed by atoms with Crippen LogP contribution in [0.5, 0.6) is 5.75 Å². The predicted molar refractivity (Wildman–Crippen MR) is 116 cm³/mol. The van der Waals surface area contributed by atoms with Crippen LogP contribution in [0.15, 0.2) is 30.3 Å². The highest BCUT2D eigenvalue weighted by Crippen LogP contribution is 2.35. The zero-order valence-corrected chi connectivity index (χ0v) is 18.6. The monoisotopic (exact) mass is 438 g/mol. The number of aliphatic hydroxyl groups excluding tert-OH is 1. The molecule has 2 aliphatic heterocycles. The van der Waals surface area contributed by atoms with Gasteiger partial charge in [-0.15, -0.1) is 0 Å². The molecule has 0 bridgehead atoms. The topological polar surface area (TPSA) is 87.2 Å². The lowest BCUT2D eigenvalue weighted by atomic mass is 9.76. The second kappa shape index (κ2) is 10.1. The van der Waals surface area contributed by atoms with E-state index in [4.69, 9.17) is 4.74 Å². The van der Waals surface area contributed by atoms with Crippen molar-refractivity contribution >= 4 is 15.7 Å². The second-order valence-corrected chi connectivity index (χ2v) is 11.0. The van der Waals surface area contributed by atoms with E-state index in [-0.39, 0.29) is 35.5 Å². The number of sulfone groups is 1. The Labute approximate surface area is 179 Å². The van der Waals surface area contributed by atoms with E-state index in [1.165, 1.54) is 0 Å². The first kappa shape index (κ1) is 23.0. The molecule has 2 heterocycles. The molecule has 1 aromatic rings. The molecule has 1 N–H and O–H groups in total. The minimum atomic E-state index is -2.91. The van der Waals surface area contributed by atoms with Gasteiger partial charge in [0.2, 0.25) is 5.91 Å². The summed E-state index contributed by atoms with van der Waals surface area (Å²) in [4.78, 5) is 16.5. The number of likely N-dealkylation sites (tertiary alicyclic amines) is 1. The molecule has 3 rings (SSSR count). The predicted octanol–water partition coefficient (Wildman–Crippen LogP) is 1.57. The minimum absolute atomic E-state index is 0.0239. The number of carbonyl (C=O) groups is 1. The van der Waals surface area contributed by atoms with E-state index in [1.54, 1.807) is 0 Å². The van der Waals surface area contributed by atoms with E-state index < -0.39 is 9.84 Å². The Hall–Kier alpha value is -1.64. The van der Waals surface area contributed by atoms with Crippen LogP contribution in [-0.4, -0.2) is 86.7 Å². The largest absolute Gasteiger partial charge is 0.494 e. The summed E-state index contributed by atoms with van der Waals surface area (Å²) in [5, 5.41) is 9.99. The first-order valence-corrected chi connectivity index (χ1v) is 12.6. The van der Waals surface area contributed by atoms with Gasteiger partial charge < -0.3 is 19.6 Å². The average Bonchev–Trinajstić information content (AvgIpc) is 3.13. The molecule has 1 aromatic carbocycles. The Balaban J connectivity index is 1.40. The van der Waals surface area contributed by atoms with E-state index in [9.17, 15) is 18.3 Å². The van der Waals surface area contributed by atoms with Gasteiger partial charge in [-0.1, -0.05) is 18.2 Å². The second-order valence-electron chi connectivity index (χ2n) is 8.74. The summed E-state index contributed by atoms with van der Waals surface area (Å²) < 4.78 is 29.1. The number of ether oxygens (including phenoxy) is 1. The standard InChI is InChI=1S/C22H34N2O5S/c1-23(19-8-16-30(27,28)17-19)12-7-21(26)24-13-9-22(18-25,10-14-24)11-15-29-20-5-3-2-4-6-20/h2-6,19,25H,7-18H2,1H3/t19-/m1/s1. The van der Waals surface area contributed by atoms with Crippen LogP contribution < -0.4 is 4.74 Å². The van der Waals surface area contributed by atoms with Crippen molar-refractivity contribution in [3.05, 3.63) is 30.3 Å². The maximum absolute atomic E-state index is 12.6. The van der Waals surface area contributed by atoms with Gasteiger partial charge in [-0.05, 0) is 44.9 Å². The first-order chi connectivity index (χ1) is 14.3. The molecule has 2 aliphatic rings. The molecule has 2 saturated heterocycles. The van der Waals surface area contributed by atoms with Crippen LogP contribution in [0, 0.1) is 5.41 Å². The van der Waals surface area contributed by atoms with Crippen LogP contribution >= 0.6 is 0 Å². The van der Waals surface area contributed by atoms with Crippen molar-refractivity contribution in [1.29, 1.82) is 0 Å². The molecule has 0 saturated carbocycles. The highest BCUT2D eigenvalue weighted by molar-refractivity contribution is 7.91. The maximum Gasteiger partial charge on any atom is 0.223 e. The smallest absolute Gasteiger partial charge is 0.223 e. The quantitative estimate of drug-likeness (QED) is 0.630. The average molecular weight is 439 g/mol. The zero-order valence-electron chi connectivity index (χ0n) is 17.8. The Morgan fingerprint density at radius 1 is 1.27 bits per heavy atom.